The van der Waals surface area contributed by atoms with Crippen molar-refractivity contribution in [3.8, 4) is 0 Å². The molecule has 2 amide bonds. The summed E-state index contributed by atoms with van der Waals surface area (Å²) >= 11 is 1.73. The molecule has 1 aromatic carbocycles. The highest BCUT2D eigenvalue weighted by Gasteiger charge is 2.25. The Morgan fingerprint density at radius 3 is 2.76 bits per heavy atom. The third kappa shape index (κ3) is 5.04. The number of likely N-dealkylation sites (tertiary alicyclic amines) is 1. The minimum Gasteiger partial charge on any atom is -0.368 e. The van der Waals surface area contributed by atoms with Crippen LogP contribution < -0.4 is 10.6 Å². The summed E-state index contributed by atoms with van der Waals surface area (Å²) < 4.78 is 5.42. The van der Waals surface area contributed by atoms with Gasteiger partial charge in [0.05, 0.1) is 6.04 Å². The van der Waals surface area contributed by atoms with Gasteiger partial charge in [-0.3, -0.25) is 14.5 Å². The molecule has 0 bridgehead atoms. The van der Waals surface area contributed by atoms with Crippen LogP contribution in [0.2, 0.25) is 0 Å². The molecule has 2 N–H and O–H groups in total. The molecule has 29 heavy (non-hydrogen) atoms. The summed E-state index contributed by atoms with van der Waals surface area (Å²) in [6, 6.07) is 11.5. The summed E-state index contributed by atoms with van der Waals surface area (Å²) in [6.45, 7) is 3.35. The van der Waals surface area contributed by atoms with Crippen molar-refractivity contribution < 1.29 is 14.3 Å². The van der Waals surface area contributed by atoms with Gasteiger partial charge < -0.3 is 15.4 Å². The van der Waals surface area contributed by atoms with Crippen LogP contribution in [-0.4, -0.2) is 49.1 Å². The van der Waals surface area contributed by atoms with Crippen molar-refractivity contribution in [2.45, 2.75) is 37.8 Å². The lowest BCUT2D eigenvalue weighted by molar-refractivity contribution is -0.124. The molecule has 2 atom stereocenters. The van der Waals surface area contributed by atoms with Gasteiger partial charge in [0.25, 0.3) is 11.8 Å². The maximum atomic E-state index is 12.8. The highest BCUT2D eigenvalue weighted by atomic mass is 32.1. The van der Waals surface area contributed by atoms with Gasteiger partial charge >= 0.3 is 0 Å². The second-order valence-corrected chi connectivity index (χ2v) is 8.54. The number of anilines is 1. The van der Waals surface area contributed by atoms with Crippen molar-refractivity contribution >= 4 is 28.8 Å². The maximum absolute atomic E-state index is 12.8. The van der Waals surface area contributed by atoms with Crippen LogP contribution in [0.4, 0.5) is 5.69 Å². The van der Waals surface area contributed by atoms with Crippen LogP contribution in [0.5, 0.6) is 0 Å². The molecule has 0 spiro atoms. The van der Waals surface area contributed by atoms with E-state index in [1.165, 1.54) is 17.7 Å². The molecule has 4 rings (SSSR count). The van der Waals surface area contributed by atoms with Crippen LogP contribution in [0, 0.1) is 0 Å². The summed E-state index contributed by atoms with van der Waals surface area (Å²) in [7, 11) is 0. The first-order chi connectivity index (χ1) is 14.2. The Labute approximate surface area is 175 Å². The second-order valence-electron chi connectivity index (χ2n) is 7.56. The zero-order valence-electron chi connectivity index (χ0n) is 16.4. The van der Waals surface area contributed by atoms with Crippen LogP contribution in [-0.2, 0) is 9.53 Å². The zero-order valence-corrected chi connectivity index (χ0v) is 17.2. The number of amides is 2. The Bertz CT molecular complexity index is 828. The van der Waals surface area contributed by atoms with Gasteiger partial charge in [-0.05, 0) is 68.4 Å². The second kappa shape index (κ2) is 9.52. The van der Waals surface area contributed by atoms with E-state index >= 15 is 0 Å². The van der Waals surface area contributed by atoms with Crippen molar-refractivity contribution in [3.05, 3.63) is 52.2 Å². The number of nitrogens with one attached hydrogen (secondary N) is 2. The standard InChI is InChI=1S/C22H27N3O3S/c26-21(23-15-18(20-9-5-13-29-20)25-10-1-2-11-25)16-6-3-7-17(14-16)24-22(27)19-8-4-12-28-19/h3,5-7,9,13-14,18-19H,1-2,4,8,10-12,15H2,(H,23,26)(H,24,27). The van der Waals surface area contributed by atoms with E-state index in [0.29, 0.717) is 24.4 Å². The van der Waals surface area contributed by atoms with E-state index in [4.69, 9.17) is 4.74 Å². The highest BCUT2D eigenvalue weighted by molar-refractivity contribution is 7.10. The number of ether oxygens (including phenoxy) is 1. The molecule has 0 saturated carbocycles. The summed E-state index contributed by atoms with van der Waals surface area (Å²) in [5.74, 6) is -0.272. The first-order valence-corrected chi connectivity index (χ1v) is 11.2. The molecule has 0 aliphatic carbocycles. The number of carbonyl (C=O) groups is 2. The molecule has 154 valence electrons. The zero-order chi connectivity index (χ0) is 20.1. The van der Waals surface area contributed by atoms with Crippen LogP contribution in [0.3, 0.4) is 0 Å². The smallest absolute Gasteiger partial charge is 0.253 e. The number of benzene rings is 1. The topological polar surface area (TPSA) is 70.7 Å². The Hall–Kier alpha value is -2.22. The molecule has 2 saturated heterocycles. The van der Waals surface area contributed by atoms with Crippen LogP contribution in [0.1, 0.15) is 47.0 Å². The van der Waals surface area contributed by atoms with Crippen molar-refractivity contribution in [3.63, 3.8) is 0 Å². The van der Waals surface area contributed by atoms with Crippen LogP contribution >= 0.6 is 11.3 Å². The van der Waals surface area contributed by atoms with Crippen molar-refractivity contribution in [1.82, 2.24) is 10.2 Å². The highest BCUT2D eigenvalue weighted by Crippen LogP contribution is 2.28. The van der Waals surface area contributed by atoms with Crippen molar-refractivity contribution in [2.75, 3.05) is 31.6 Å². The maximum Gasteiger partial charge on any atom is 0.253 e. The number of rotatable bonds is 7. The van der Waals surface area contributed by atoms with Gasteiger partial charge in [-0.1, -0.05) is 12.1 Å². The van der Waals surface area contributed by atoms with Gasteiger partial charge in [-0.2, -0.15) is 0 Å². The Kier molecular flexibility index (Phi) is 6.59. The van der Waals surface area contributed by atoms with Crippen molar-refractivity contribution in [2.24, 2.45) is 0 Å². The average molecular weight is 414 g/mol. The SMILES string of the molecule is O=C(NCC(c1cccs1)N1CCCC1)c1cccc(NC(=O)C2CCCO2)c1. The van der Waals surface area contributed by atoms with Crippen LogP contribution in [0.25, 0.3) is 0 Å². The normalized spacial score (nSPS) is 20.5. The van der Waals surface area contributed by atoms with E-state index in [1.54, 1.807) is 35.6 Å². The molecular formula is C22H27N3O3S. The largest absolute Gasteiger partial charge is 0.368 e. The predicted molar refractivity (Wildman–Crippen MR) is 114 cm³/mol. The summed E-state index contributed by atoms with van der Waals surface area (Å²) in [6.07, 6.45) is 3.68. The molecule has 0 radical (unpaired) electrons. The summed E-state index contributed by atoms with van der Waals surface area (Å²) in [5, 5.41) is 8.03. The number of hydrogen-bond donors (Lipinski definition) is 2. The molecule has 2 unspecified atom stereocenters. The van der Waals surface area contributed by atoms with E-state index in [9.17, 15) is 9.59 Å². The molecule has 2 aliphatic heterocycles. The molecule has 6 nitrogen and oxygen atoms in total. The number of hydrogen-bond acceptors (Lipinski definition) is 5. The Morgan fingerprint density at radius 2 is 2.03 bits per heavy atom. The van der Waals surface area contributed by atoms with E-state index in [1.807, 2.05) is 0 Å². The number of nitrogens with zero attached hydrogens (tertiary/aromatic N) is 1. The van der Waals surface area contributed by atoms with E-state index < -0.39 is 0 Å². The minimum absolute atomic E-state index is 0.126. The fourth-order valence-electron chi connectivity index (χ4n) is 3.98. The Morgan fingerprint density at radius 1 is 1.17 bits per heavy atom. The molecule has 7 heteroatoms. The van der Waals surface area contributed by atoms with Crippen LogP contribution in [0.15, 0.2) is 41.8 Å². The Balaban J connectivity index is 1.38. The molecular weight excluding hydrogens is 386 g/mol. The number of carbonyl (C=O) groups excluding carboxylic acids is 2. The third-order valence-electron chi connectivity index (χ3n) is 5.52. The van der Waals surface area contributed by atoms with Gasteiger partial charge in [0, 0.05) is 29.3 Å². The van der Waals surface area contributed by atoms with Gasteiger partial charge in [0.15, 0.2) is 0 Å². The van der Waals surface area contributed by atoms with E-state index in [-0.39, 0.29) is 24.0 Å². The fraction of sp³-hybridized carbons (Fsp3) is 0.455. The lowest BCUT2D eigenvalue weighted by Crippen LogP contribution is -2.36. The van der Waals surface area contributed by atoms with Gasteiger partial charge in [-0.25, -0.2) is 0 Å². The van der Waals surface area contributed by atoms with Crippen molar-refractivity contribution in [1.29, 1.82) is 0 Å². The molecule has 2 aromatic rings. The number of thiophene rings is 1. The van der Waals surface area contributed by atoms with E-state index in [0.717, 1.165) is 25.9 Å². The first kappa shape index (κ1) is 20.1. The van der Waals surface area contributed by atoms with E-state index in [2.05, 4.69) is 33.0 Å². The minimum atomic E-state index is -0.389. The molecule has 2 aliphatic rings. The van der Waals surface area contributed by atoms with Gasteiger partial charge in [0.1, 0.15) is 6.10 Å². The fourth-order valence-corrected chi connectivity index (χ4v) is 4.84. The summed E-state index contributed by atoms with van der Waals surface area (Å²) in [5.41, 5.74) is 1.16. The first-order valence-electron chi connectivity index (χ1n) is 10.3. The molecule has 3 heterocycles. The lowest BCUT2D eigenvalue weighted by Gasteiger charge is -2.27. The van der Waals surface area contributed by atoms with Gasteiger partial charge in [-0.15, -0.1) is 11.3 Å². The summed E-state index contributed by atoms with van der Waals surface area (Å²) in [4.78, 5) is 28.7. The molecule has 2 fully saturated rings. The third-order valence-corrected chi connectivity index (χ3v) is 6.50. The quantitative estimate of drug-likeness (QED) is 0.730. The predicted octanol–water partition coefficient (Wildman–Crippen LogP) is 3.43. The average Bonchev–Trinajstić information content (AvgIpc) is 3.51. The monoisotopic (exact) mass is 413 g/mol. The lowest BCUT2D eigenvalue weighted by atomic mass is 10.1. The molecule has 1 aromatic heterocycles. The van der Waals surface area contributed by atoms with Gasteiger partial charge in [0.2, 0.25) is 0 Å².